The normalized spacial score (nSPS) is 17.4. The lowest BCUT2D eigenvalue weighted by Crippen LogP contribution is -2.42. The number of nitrogens with zero attached hydrogens (tertiary/aromatic N) is 3. The first-order valence-electron chi connectivity index (χ1n) is 8.89. The predicted octanol–water partition coefficient (Wildman–Crippen LogP) is 2.79. The maximum atomic E-state index is 13.0. The molecular formula is C19H20N4O3. The topological polar surface area (TPSA) is 84.4 Å². The van der Waals surface area contributed by atoms with E-state index >= 15 is 0 Å². The Morgan fingerprint density at radius 1 is 1.19 bits per heavy atom. The second-order valence-corrected chi connectivity index (χ2v) is 6.59. The summed E-state index contributed by atoms with van der Waals surface area (Å²) in [6.45, 7) is -0.0308. The van der Waals surface area contributed by atoms with Gasteiger partial charge in [0.1, 0.15) is 12.6 Å². The van der Waals surface area contributed by atoms with Gasteiger partial charge < -0.3 is 10.1 Å². The van der Waals surface area contributed by atoms with Crippen LogP contribution in [0.1, 0.15) is 42.5 Å². The lowest BCUT2D eigenvalue weighted by atomic mass is 9.98. The van der Waals surface area contributed by atoms with Gasteiger partial charge in [-0.15, -0.1) is 0 Å². The van der Waals surface area contributed by atoms with E-state index in [4.69, 9.17) is 4.74 Å². The second-order valence-electron chi connectivity index (χ2n) is 6.59. The monoisotopic (exact) mass is 352 g/mol. The quantitative estimate of drug-likeness (QED) is 0.918. The Hall–Kier alpha value is -2.96. The third-order valence-corrected chi connectivity index (χ3v) is 4.73. The van der Waals surface area contributed by atoms with Crippen LogP contribution in [0.2, 0.25) is 0 Å². The minimum atomic E-state index is -0.261. The fourth-order valence-corrected chi connectivity index (χ4v) is 3.44. The predicted molar refractivity (Wildman–Crippen MR) is 96.3 cm³/mol. The average molecular weight is 352 g/mol. The van der Waals surface area contributed by atoms with Gasteiger partial charge in [0, 0.05) is 24.0 Å². The third kappa shape index (κ3) is 3.37. The second kappa shape index (κ2) is 7.11. The van der Waals surface area contributed by atoms with Crippen molar-refractivity contribution >= 4 is 23.2 Å². The summed E-state index contributed by atoms with van der Waals surface area (Å²) in [6, 6.07) is 5.01. The van der Waals surface area contributed by atoms with Gasteiger partial charge in [-0.25, -0.2) is 4.98 Å². The number of ether oxygens (including phenoxy) is 1. The smallest absolute Gasteiger partial charge is 0.259 e. The number of pyridine rings is 2. The van der Waals surface area contributed by atoms with Crippen LogP contribution < -0.4 is 15.0 Å². The van der Waals surface area contributed by atoms with Gasteiger partial charge >= 0.3 is 0 Å². The molecule has 0 spiro atoms. The average Bonchev–Trinajstić information content (AvgIpc) is 2.68. The van der Waals surface area contributed by atoms with Crippen molar-refractivity contribution < 1.29 is 14.3 Å². The van der Waals surface area contributed by atoms with Gasteiger partial charge in [0.15, 0.2) is 0 Å². The highest BCUT2D eigenvalue weighted by Gasteiger charge is 2.28. The van der Waals surface area contributed by atoms with Crippen molar-refractivity contribution in [2.24, 2.45) is 0 Å². The van der Waals surface area contributed by atoms with E-state index in [0.29, 0.717) is 22.8 Å². The number of aromatic nitrogens is 2. The van der Waals surface area contributed by atoms with E-state index in [1.807, 2.05) is 0 Å². The Labute approximate surface area is 151 Å². The summed E-state index contributed by atoms with van der Waals surface area (Å²) in [5.41, 5.74) is 1.62. The van der Waals surface area contributed by atoms with Gasteiger partial charge in [-0.2, -0.15) is 0 Å². The van der Waals surface area contributed by atoms with Crippen LogP contribution >= 0.6 is 0 Å². The number of carbonyl (C=O) groups is 2. The minimum absolute atomic E-state index is 0.0308. The van der Waals surface area contributed by atoms with Crippen molar-refractivity contribution in [2.75, 3.05) is 16.8 Å². The van der Waals surface area contributed by atoms with Gasteiger partial charge in [0.05, 0.1) is 17.6 Å². The molecule has 26 heavy (non-hydrogen) atoms. The van der Waals surface area contributed by atoms with Crippen LogP contribution in [0, 0.1) is 0 Å². The summed E-state index contributed by atoms with van der Waals surface area (Å²) >= 11 is 0. The van der Waals surface area contributed by atoms with Crippen LogP contribution in [-0.4, -0.2) is 34.4 Å². The molecule has 0 radical (unpaired) electrons. The fraction of sp³-hybridized carbons (Fsp3) is 0.368. The molecule has 2 aliphatic rings. The number of hydrogen-bond acceptors (Lipinski definition) is 5. The molecule has 1 aliphatic heterocycles. The first-order chi connectivity index (χ1) is 12.7. The van der Waals surface area contributed by atoms with Crippen molar-refractivity contribution in [1.29, 1.82) is 0 Å². The van der Waals surface area contributed by atoms with Gasteiger partial charge in [0.2, 0.25) is 11.8 Å². The van der Waals surface area contributed by atoms with Crippen LogP contribution in [0.4, 0.5) is 11.4 Å². The van der Waals surface area contributed by atoms with Crippen molar-refractivity contribution in [3.63, 3.8) is 0 Å². The first-order valence-corrected chi connectivity index (χ1v) is 8.89. The molecule has 7 nitrogen and oxygen atoms in total. The van der Waals surface area contributed by atoms with Crippen LogP contribution in [0.5, 0.6) is 5.88 Å². The number of carbonyl (C=O) groups excluding carboxylic acids is 2. The van der Waals surface area contributed by atoms with Gasteiger partial charge in [-0.1, -0.05) is 6.42 Å². The molecule has 134 valence electrons. The van der Waals surface area contributed by atoms with Gasteiger partial charge in [0.25, 0.3) is 5.91 Å². The van der Waals surface area contributed by atoms with Crippen molar-refractivity contribution in [3.05, 3.63) is 42.4 Å². The molecule has 7 heteroatoms. The Morgan fingerprint density at radius 2 is 2.04 bits per heavy atom. The van der Waals surface area contributed by atoms with Crippen molar-refractivity contribution in [1.82, 2.24) is 9.97 Å². The van der Waals surface area contributed by atoms with E-state index in [2.05, 4.69) is 15.3 Å². The largest absolute Gasteiger partial charge is 0.474 e. The molecule has 0 saturated heterocycles. The Morgan fingerprint density at radius 3 is 2.88 bits per heavy atom. The lowest BCUT2D eigenvalue weighted by molar-refractivity contribution is -0.115. The Balaban J connectivity index is 1.57. The summed E-state index contributed by atoms with van der Waals surface area (Å²) in [4.78, 5) is 34.6. The number of anilines is 2. The van der Waals surface area contributed by atoms with E-state index in [0.717, 1.165) is 25.7 Å². The van der Waals surface area contributed by atoms with Crippen LogP contribution in [-0.2, 0) is 4.79 Å². The molecule has 0 atom stereocenters. The highest BCUT2D eigenvalue weighted by molar-refractivity contribution is 6.15. The van der Waals surface area contributed by atoms with E-state index in [1.54, 1.807) is 30.6 Å². The summed E-state index contributed by atoms with van der Waals surface area (Å²) in [5.74, 6) is -0.0473. The molecule has 2 aromatic rings. The molecule has 1 N–H and O–H groups in total. The molecule has 0 bridgehead atoms. The summed E-state index contributed by atoms with van der Waals surface area (Å²) in [5, 5.41) is 2.73. The zero-order valence-electron chi connectivity index (χ0n) is 14.4. The maximum Gasteiger partial charge on any atom is 0.259 e. The molecule has 4 rings (SSSR count). The number of fused-ring (bicyclic) bond motifs is 1. The maximum absolute atomic E-state index is 13.0. The molecule has 3 heterocycles. The summed E-state index contributed by atoms with van der Waals surface area (Å²) < 4.78 is 5.95. The lowest BCUT2D eigenvalue weighted by Gasteiger charge is -2.29. The van der Waals surface area contributed by atoms with E-state index in [9.17, 15) is 9.59 Å². The number of rotatable bonds is 3. The van der Waals surface area contributed by atoms with Crippen molar-refractivity contribution in [3.8, 4) is 5.88 Å². The van der Waals surface area contributed by atoms with E-state index in [-0.39, 0.29) is 24.5 Å². The zero-order chi connectivity index (χ0) is 17.9. The Kier molecular flexibility index (Phi) is 4.51. The highest BCUT2D eigenvalue weighted by Crippen LogP contribution is 2.30. The molecule has 1 saturated carbocycles. The molecule has 1 aliphatic carbocycles. The molecular weight excluding hydrogens is 332 g/mol. The molecule has 1 fully saturated rings. The minimum Gasteiger partial charge on any atom is -0.474 e. The summed E-state index contributed by atoms with van der Waals surface area (Å²) in [7, 11) is 0. The highest BCUT2D eigenvalue weighted by atomic mass is 16.5. The fourth-order valence-electron chi connectivity index (χ4n) is 3.44. The van der Waals surface area contributed by atoms with Crippen molar-refractivity contribution in [2.45, 2.75) is 38.2 Å². The van der Waals surface area contributed by atoms with Crippen LogP contribution in [0.15, 0.2) is 36.8 Å². The van der Waals surface area contributed by atoms with E-state index < -0.39 is 0 Å². The third-order valence-electron chi connectivity index (χ3n) is 4.73. The van der Waals surface area contributed by atoms with Gasteiger partial charge in [-0.3, -0.25) is 19.5 Å². The van der Waals surface area contributed by atoms with Crippen LogP contribution in [0.25, 0.3) is 0 Å². The van der Waals surface area contributed by atoms with Gasteiger partial charge in [-0.05, 0) is 37.8 Å². The number of hydrogen-bond donors (Lipinski definition) is 1. The summed E-state index contributed by atoms with van der Waals surface area (Å²) in [6.07, 6.45) is 10.5. The first kappa shape index (κ1) is 16.5. The van der Waals surface area contributed by atoms with Crippen LogP contribution in [0.3, 0.4) is 0 Å². The SMILES string of the molecule is O=C1CN(C(=O)c2ccnc(OC3CCCCC3)c2)c2ccncc2N1. The number of nitrogens with one attached hydrogen (secondary N) is 1. The molecule has 0 aromatic carbocycles. The van der Waals surface area contributed by atoms with E-state index in [1.165, 1.54) is 17.5 Å². The molecule has 2 amide bonds. The zero-order valence-corrected chi connectivity index (χ0v) is 14.4. The number of amides is 2. The molecule has 2 aromatic heterocycles. The Bertz CT molecular complexity index is 833. The molecule has 0 unspecified atom stereocenters. The standard InChI is InChI=1S/C19H20N4O3/c24-17-12-23(16-7-8-20-11-15(16)22-17)19(25)13-6-9-21-18(10-13)26-14-4-2-1-3-5-14/h6-11,14H,1-5,12H2,(H,22,24).